The molecule has 0 atom stereocenters. The molecule has 4 nitrogen and oxygen atoms in total. The number of rotatable bonds is 6. The molecule has 6 heteroatoms. The number of nitrogens with one attached hydrogen (secondary N) is 1. The fourth-order valence-electron chi connectivity index (χ4n) is 2.79. The van der Waals surface area contributed by atoms with E-state index in [1.807, 2.05) is 78.9 Å². The van der Waals surface area contributed by atoms with Gasteiger partial charge in [-0.3, -0.25) is 0 Å². The van der Waals surface area contributed by atoms with Gasteiger partial charge in [0.25, 0.3) is 0 Å². The molecular formula is C23H16ClN3OS. The van der Waals surface area contributed by atoms with Gasteiger partial charge in [-0.1, -0.05) is 54.1 Å². The van der Waals surface area contributed by atoms with Crippen molar-refractivity contribution in [3.63, 3.8) is 0 Å². The Bertz CT molecular complexity index is 1190. The number of aromatic amines is 1. The van der Waals surface area contributed by atoms with Crippen molar-refractivity contribution in [3.05, 3.63) is 93.9 Å². The smallest absolute Gasteiger partial charge is 0.171 e. The van der Waals surface area contributed by atoms with Crippen LogP contribution in [0.25, 0.3) is 17.1 Å². The van der Waals surface area contributed by atoms with E-state index in [0.717, 1.165) is 22.2 Å². The highest BCUT2D eigenvalue weighted by atomic mass is 35.5. The summed E-state index contributed by atoms with van der Waals surface area (Å²) in [5.41, 5.74) is 3.62. The van der Waals surface area contributed by atoms with Crippen LogP contribution in [0.4, 0.5) is 0 Å². The number of para-hydroxylation sites is 2. The van der Waals surface area contributed by atoms with Crippen molar-refractivity contribution in [3.8, 4) is 11.8 Å². The van der Waals surface area contributed by atoms with Crippen molar-refractivity contribution in [2.24, 2.45) is 0 Å². The lowest BCUT2D eigenvalue weighted by Gasteiger charge is -2.08. The molecule has 0 aliphatic carbocycles. The third kappa shape index (κ3) is 4.80. The number of aromatic nitrogens is 2. The van der Waals surface area contributed by atoms with Crippen LogP contribution >= 0.6 is 23.4 Å². The largest absolute Gasteiger partial charge is 0.489 e. The van der Waals surface area contributed by atoms with E-state index < -0.39 is 0 Å². The third-order valence-corrected chi connectivity index (χ3v) is 5.38. The van der Waals surface area contributed by atoms with Crippen LogP contribution in [-0.2, 0) is 6.61 Å². The number of nitrogens with zero attached hydrogens (tertiary/aromatic N) is 2. The number of benzene rings is 3. The Morgan fingerprint density at radius 2 is 1.93 bits per heavy atom. The minimum atomic E-state index is 0.381. The highest BCUT2D eigenvalue weighted by molar-refractivity contribution is 8.03. The minimum absolute atomic E-state index is 0.381. The summed E-state index contributed by atoms with van der Waals surface area (Å²) in [4.78, 5) is 8.27. The number of H-pyrrole nitrogens is 1. The molecule has 0 unspecified atom stereocenters. The Labute approximate surface area is 177 Å². The van der Waals surface area contributed by atoms with Crippen molar-refractivity contribution in [2.45, 2.75) is 11.8 Å². The fourth-order valence-corrected chi connectivity index (χ4v) is 3.73. The number of imidazole rings is 1. The molecule has 1 N–H and O–H groups in total. The van der Waals surface area contributed by atoms with Crippen LogP contribution in [0.2, 0.25) is 5.02 Å². The van der Waals surface area contributed by atoms with Gasteiger partial charge in [-0.25, -0.2) is 4.98 Å². The average Bonchev–Trinajstić information content (AvgIpc) is 3.15. The SMILES string of the molecule is N#C/C(=C\c1cccc(OCc2ccccc2Cl)c1)Sc1nc2ccccc2[nH]1. The second kappa shape index (κ2) is 8.87. The summed E-state index contributed by atoms with van der Waals surface area (Å²) in [5, 5.41) is 10.9. The number of halogens is 1. The van der Waals surface area contributed by atoms with Crippen molar-refractivity contribution in [1.82, 2.24) is 9.97 Å². The molecular weight excluding hydrogens is 402 g/mol. The first kappa shape index (κ1) is 19.1. The summed E-state index contributed by atoms with van der Waals surface area (Å²) in [5.74, 6) is 0.713. The maximum atomic E-state index is 9.55. The van der Waals surface area contributed by atoms with Crippen LogP contribution in [-0.4, -0.2) is 9.97 Å². The normalized spacial score (nSPS) is 11.4. The summed E-state index contributed by atoms with van der Waals surface area (Å²) in [6.45, 7) is 0.381. The first-order valence-corrected chi connectivity index (χ1v) is 10.1. The molecule has 1 heterocycles. The zero-order chi connectivity index (χ0) is 20.1. The van der Waals surface area contributed by atoms with Crippen molar-refractivity contribution in [1.29, 1.82) is 5.26 Å². The number of hydrogen-bond acceptors (Lipinski definition) is 4. The first-order valence-electron chi connectivity index (χ1n) is 8.92. The summed E-state index contributed by atoms with van der Waals surface area (Å²) < 4.78 is 5.87. The van der Waals surface area contributed by atoms with Crippen LogP contribution in [0.1, 0.15) is 11.1 Å². The van der Waals surface area contributed by atoms with Crippen LogP contribution in [0.3, 0.4) is 0 Å². The number of ether oxygens (including phenoxy) is 1. The minimum Gasteiger partial charge on any atom is -0.489 e. The summed E-state index contributed by atoms with van der Waals surface area (Å²) in [7, 11) is 0. The van der Waals surface area contributed by atoms with Gasteiger partial charge < -0.3 is 9.72 Å². The molecule has 1 aromatic heterocycles. The van der Waals surface area contributed by atoms with E-state index in [-0.39, 0.29) is 0 Å². The van der Waals surface area contributed by atoms with Crippen molar-refractivity contribution >= 4 is 40.5 Å². The van der Waals surface area contributed by atoms with Gasteiger partial charge in [-0.05, 0) is 53.7 Å². The van der Waals surface area contributed by atoms with E-state index in [9.17, 15) is 5.26 Å². The Morgan fingerprint density at radius 3 is 2.76 bits per heavy atom. The molecule has 142 valence electrons. The number of nitriles is 1. The van der Waals surface area contributed by atoms with Crippen LogP contribution in [0.5, 0.6) is 5.75 Å². The van der Waals surface area contributed by atoms with Gasteiger partial charge in [0.2, 0.25) is 0 Å². The molecule has 29 heavy (non-hydrogen) atoms. The zero-order valence-corrected chi connectivity index (χ0v) is 16.9. The molecule has 4 rings (SSSR count). The molecule has 0 saturated heterocycles. The molecule has 0 amide bonds. The third-order valence-electron chi connectivity index (χ3n) is 4.19. The molecule has 4 aromatic rings. The zero-order valence-electron chi connectivity index (χ0n) is 15.3. The van der Waals surface area contributed by atoms with Crippen molar-refractivity contribution < 1.29 is 4.74 Å². The highest BCUT2D eigenvalue weighted by Gasteiger charge is 2.07. The second-order valence-corrected chi connectivity index (χ2v) is 7.67. The number of allylic oxidation sites excluding steroid dienone is 1. The fraction of sp³-hybridized carbons (Fsp3) is 0.0435. The van der Waals surface area contributed by atoms with Gasteiger partial charge in [-0.15, -0.1) is 0 Å². The topological polar surface area (TPSA) is 61.7 Å². The Balaban J connectivity index is 1.49. The molecule has 0 radical (unpaired) electrons. The number of fused-ring (bicyclic) bond motifs is 1. The highest BCUT2D eigenvalue weighted by Crippen LogP contribution is 2.28. The number of thioether (sulfide) groups is 1. The monoisotopic (exact) mass is 417 g/mol. The molecule has 0 bridgehead atoms. The molecule has 0 aliphatic heterocycles. The van der Waals surface area contributed by atoms with Crippen LogP contribution < -0.4 is 4.74 Å². The van der Waals surface area contributed by atoms with Gasteiger partial charge >= 0.3 is 0 Å². The second-order valence-electron chi connectivity index (χ2n) is 6.23. The van der Waals surface area contributed by atoms with E-state index in [1.54, 1.807) is 0 Å². The molecule has 0 saturated carbocycles. The molecule has 0 fully saturated rings. The Kier molecular flexibility index (Phi) is 5.85. The Morgan fingerprint density at radius 1 is 1.10 bits per heavy atom. The first-order chi connectivity index (χ1) is 14.2. The predicted molar refractivity (Wildman–Crippen MR) is 118 cm³/mol. The standard InChI is InChI=1S/C23H16ClN3OS/c24-20-9-2-1-7-17(20)15-28-18-8-5-6-16(12-18)13-19(14-25)29-23-26-21-10-3-4-11-22(21)27-23/h1-13H,15H2,(H,26,27)/b19-13+. The lowest BCUT2D eigenvalue weighted by Crippen LogP contribution is -1.96. The van der Waals surface area contributed by atoms with Gasteiger partial charge in [0, 0.05) is 10.6 Å². The van der Waals surface area contributed by atoms with Crippen LogP contribution in [0, 0.1) is 11.3 Å². The lowest BCUT2D eigenvalue weighted by molar-refractivity contribution is 0.306. The number of hydrogen-bond donors (Lipinski definition) is 1. The van der Waals surface area contributed by atoms with E-state index >= 15 is 0 Å². The summed E-state index contributed by atoms with van der Waals surface area (Å²) >= 11 is 7.48. The molecule has 3 aromatic carbocycles. The van der Waals surface area contributed by atoms with Crippen molar-refractivity contribution in [2.75, 3.05) is 0 Å². The molecule has 0 aliphatic rings. The van der Waals surface area contributed by atoms with E-state index in [1.165, 1.54) is 11.8 Å². The van der Waals surface area contributed by atoms with Gasteiger partial charge in [-0.2, -0.15) is 5.26 Å². The molecule has 0 spiro atoms. The van der Waals surface area contributed by atoms with Gasteiger partial charge in [0.15, 0.2) is 5.16 Å². The van der Waals surface area contributed by atoms with Gasteiger partial charge in [0.05, 0.1) is 15.9 Å². The maximum absolute atomic E-state index is 9.55. The van der Waals surface area contributed by atoms with E-state index in [4.69, 9.17) is 16.3 Å². The Hall–Kier alpha value is -3.20. The lowest BCUT2D eigenvalue weighted by atomic mass is 10.2. The quantitative estimate of drug-likeness (QED) is 0.289. The predicted octanol–water partition coefficient (Wildman–Crippen LogP) is 6.45. The maximum Gasteiger partial charge on any atom is 0.171 e. The van der Waals surface area contributed by atoms with E-state index in [0.29, 0.717) is 27.4 Å². The van der Waals surface area contributed by atoms with Crippen LogP contribution in [0.15, 0.2) is 82.9 Å². The van der Waals surface area contributed by atoms with Gasteiger partial charge in [0.1, 0.15) is 18.4 Å². The summed E-state index contributed by atoms with van der Waals surface area (Å²) in [6.07, 6.45) is 1.82. The van der Waals surface area contributed by atoms with E-state index in [2.05, 4.69) is 16.0 Å². The summed E-state index contributed by atoms with van der Waals surface area (Å²) in [6, 6.07) is 25.2. The average molecular weight is 418 g/mol.